The summed E-state index contributed by atoms with van der Waals surface area (Å²) in [6, 6.07) is 9.64. The number of anilines is 1. The molecule has 134 valence electrons. The maximum atomic E-state index is 12.4. The number of amides is 1. The molecule has 0 unspecified atom stereocenters. The third kappa shape index (κ3) is 4.00. The molecule has 1 amide bonds. The standard InChI is InChI=1S/C19H18N2O3S2/c1-11-6-4-7-12(2)16(11)21-17(22)13(3)24-19(23)14-10-26-18(20-14)15-8-5-9-25-15/h4-10,13H,1-3H3,(H,21,22)/t13-/m1/s1. The monoisotopic (exact) mass is 386 g/mol. The number of nitrogens with zero attached hydrogens (tertiary/aromatic N) is 1. The largest absolute Gasteiger partial charge is 0.448 e. The minimum absolute atomic E-state index is 0.213. The number of aromatic nitrogens is 1. The van der Waals surface area contributed by atoms with Gasteiger partial charge in [0.25, 0.3) is 5.91 Å². The Morgan fingerprint density at radius 2 is 1.85 bits per heavy atom. The Bertz CT molecular complexity index is 912. The van der Waals surface area contributed by atoms with E-state index in [0.717, 1.165) is 26.7 Å². The van der Waals surface area contributed by atoms with E-state index in [-0.39, 0.29) is 11.6 Å². The number of thiazole rings is 1. The van der Waals surface area contributed by atoms with Crippen molar-refractivity contribution in [1.29, 1.82) is 0 Å². The van der Waals surface area contributed by atoms with Gasteiger partial charge in [0.05, 0.1) is 4.88 Å². The molecule has 0 saturated carbocycles. The van der Waals surface area contributed by atoms with Crippen molar-refractivity contribution in [2.24, 2.45) is 0 Å². The highest BCUT2D eigenvalue weighted by Gasteiger charge is 2.22. The SMILES string of the molecule is Cc1cccc(C)c1NC(=O)[C@@H](C)OC(=O)c1csc(-c2cccs2)n1. The fourth-order valence-corrected chi connectivity index (χ4v) is 4.00. The van der Waals surface area contributed by atoms with Crippen molar-refractivity contribution in [3.63, 3.8) is 0 Å². The molecular weight excluding hydrogens is 368 g/mol. The van der Waals surface area contributed by atoms with Crippen molar-refractivity contribution in [3.05, 3.63) is 57.9 Å². The topological polar surface area (TPSA) is 68.3 Å². The number of thiophene rings is 1. The number of carbonyl (C=O) groups excluding carboxylic acids is 2. The van der Waals surface area contributed by atoms with E-state index < -0.39 is 12.1 Å². The molecule has 0 aliphatic rings. The maximum absolute atomic E-state index is 12.4. The Hall–Kier alpha value is -2.51. The fourth-order valence-electron chi connectivity index (χ4n) is 2.39. The zero-order valence-corrected chi connectivity index (χ0v) is 16.2. The van der Waals surface area contributed by atoms with Gasteiger partial charge in [0.2, 0.25) is 0 Å². The van der Waals surface area contributed by atoms with Crippen LogP contribution < -0.4 is 5.32 Å². The third-order valence-corrected chi connectivity index (χ3v) is 5.71. The Morgan fingerprint density at radius 3 is 2.50 bits per heavy atom. The van der Waals surface area contributed by atoms with Gasteiger partial charge in [0, 0.05) is 11.1 Å². The molecule has 0 fully saturated rings. The summed E-state index contributed by atoms with van der Waals surface area (Å²) in [5, 5.41) is 7.19. The van der Waals surface area contributed by atoms with Crippen LogP contribution in [0.4, 0.5) is 5.69 Å². The van der Waals surface area contributed by atoms with Crippen LogP contribution in [0.3, 0.4) is 0 Å². The molecule has 0 aliphatic carbocycles. The number of rotatable bonds is 5. The summed E-state index contributed by atoms with van der Waals surface area (Å²) in [6.07, 6.45) is -0.923. The van der Waals surface area contributed by atoms with E-state index in [9.17, 15) is 9.59 Å². The highest BCUT2D eigenvalue weighted by Crippen LogP contribution is 2.28. The number of ether oxygens (including phenoxy) is 1. The number of nitrogens with one attached hydrogen (secondary N) is 1. The lowest BCUT2D eigenvalue weighted by atomic mass is 10.1. The van der Waals surface area contributed by atoms with E-state index in [2.05, 4.69) is 10.3 Å². The number of benzene rings is 1. The molecule has 3 rings (SSSR count). The molecule has 0 aliphatic heterocycles. The Morgan fingerprint density at radius 1 is 1.12 bits per heavy atom. The summed E-state index contributed by atoms with van der Waals surface area (Å²) < 4.78 is 5.28. The van der Waals surface area contributed by atoms with Crippen LogP contribution in [0.2, 0.25) is 0 Å². The molecule has 1 aromatic carbocycles. The molecule has 3 aromatic rings. The molecular formula is C19H18N2O3S2. The summed E-state index contributed by atoms with van der Waals surface area (Å²) in [5.74, 6) is -0.974. The highest BCUT2D eigenvalue weighted by molar-refractivity contribution is 7.20. The first-order valence-electron chi connectivity index (χ1n) is 8.03. The second kappa shape index (κ2) is 7.80. The van der Waals surface area contributed by atoms with Crippen molar-refractivity contribution in [2.45, 2.75) is 26.9 Å². The third-order valence-electron chi connectivity index (χ3n) is 3.83. The van der Waals surface area contributed by atoms with Gasteiger partial charge in [-0.3, -0.25) is 4.79 Å². The molecule has 7 heteroatoms. The number of para-hydroxylation sites is 1. The van der Waals surface area contributed by atoms with E-state index in [0.29, 0.717) is 0 Å². The van der Waals surface area contributed by atoms with Gasteiger partial charge in [0.15, 0.2) is 11.8 Å². The van der Waals surface area contributed by atoms with Crippen LogP contribution in [-0.4, -0.2) is 23.0 Å². The van der Waals surface area contributed by atoms with Crippen molar-refractivity contribution in [1.82, 2.24) is 4.98 Å². The van der Waals surface area contributed by atoms with Crippen molar-refractivity contribution < 1.29 is 14.3 Å². The van der Waals surface area contributed by atoms with Gasteiger partial charge in [-0.25, -0.2) is 9.78 Å². The molecule has 0 saturated heterocycles. The molecule has 0 bridgehead atoms. The van der Waals surface area contributed by atoms with Gasteiger partial charge >= 0.3 is 5.97 Å². The summed E-state index contributed by atoms with van der Waals surface area (Å²) in [7, 11) is 0. The van der Waals surface area contributed by atoms with Gasteiger partial charge in [-0.15, -0.1) is 22.7 Å². The number of hydrogen-bond acceptors (Lipinski definition) is 6. The average molecular weight is 386 g/mol. The number of esters is 1. The van der Waals surface area contributed by atoms with Crippen molar-refractivity contribution >= 4 is 40.2 Å². The molecule has 2 aromatic heterocycles. The lowest BCUT2D eigenvalue weighted by Gasteiger charge is -2.15. The van der Waals surface area contributed by atoms with E-state index in [1.54, 1.807) is 23.6 Å². The highest BCUT2D eigenvalue weighted by atomic mass is 32.1. The van der Waals surface area contributed by atoms with Gasteiger partial charge in [-0.05, 0) is 43.3 Å². The quantitative estimate of drug-likeness (QED) is 0.647. The molecule has 2 heterocycles. The summed E-state index contributed by atoms with van der Waals surface area (Å²) in [5.41, 5.74) is 2.87. The molecule has 1 atom stereocenters. The van der Waals surface area contributed by atoms with Crippen LogP contribution in [0.25, 0.3) is 9.88 Å². The summed E-state index contributed by atoms with van der Waals surface area (Å²) in [6.45, 7) is 5.38. The normalized spacial score (nSPS) is 11.8. The predicted octanol–water partition coefficient (Wildman–Crippen LogP) is 4.67. The number of hydrogen-bond donors (Lipinski definition) is 1. The number of carbonyl (C=O) groups is 2. The molecule has 0 radical (unpaired) electrons. The van der Waals surface area contributed by atoms with Crippen LogP contribution in [0.15, 0.2) is 41.1 Å². The van der Waals surface area contributed by atoms with E-state index >= 15 is 0 Å². The molecule has 26 heavy (non-hydrogen) atoms. The lowest BCUT2D eigenvalue weighted by molar-refractivity contribution is -0.123. The minimum Gasteiger partial charge on any atom is -0.448 e. The predicted molar refractivity (Wildman–Crippen MR) is 105 cm³/mol. The average Bonchev–Trinajstić information content (AvgIpc) is 3.28. The Balaban J connectivity index is 1.65. The lowest BCUT2D eigenvalue weighted by Crippen LogP contribution is -2.30. The second-order valence-electron chi connectivity index (χ2n) is 5.82. The zero-order chi connectivity index (χ0) is 18.7. The van der Waals surface area contributed by atoms with Gasteiger partial charge in [-0.1, -0.05) is 24.3 Å². The Kier molecular flexibility index (Phi) is 5.49. The first-order valence-corrected chi connectivity index (χ1v) is 9.79. The van der Waals surface area contributed by atoms with Crippen LogP contribution in [0.1, 0.15) is 28.5 Å². The number of aryl methyl sites for hydroxylation is 2. The van der Waals surface area contributed by atoms with Gasteiger partial charge < -0.3 is 10.1 Å². The molecule has 1 N–H and O–H groups in total. The van der Waals surface area contributed by atoms with Crippen molar-refractivity contribution in [2.75, 3.05) is 5.32 Å². The Labute approximate surface area is 159 Å². The minimum atomic E-state index is -0.923. The van der Waals surface area contributed by atoms with E-state index in [1.807, 2.05) is 49.6 Å². The molecule has 5 nitrogen and oxygen atoms in total. The van der Waals surface area contributed by atoms with Crippen LogP contribution in [-0.2, 0) is 9.53 Å². The van der Waals surface area contributed by atoms with Gasteiger partial charge in [0.1, 0.15) is 5.01 Å². The summed E-state index contributed by atoms with van der Waals surface area (Å²) >= 11 is 2.93. The smallest absolute Gasteiger partial charge is 0.358 e. The zero-order valence-electron chi connectivity index (χ0n) is 14.6. The molecule has 0 spiro atoms. The second-order valence-corrected chi connectivity index (χ2v) is 7.62. The van der Waals surface area contributed by atoms with E-state index in [1.165, 1.54) is 11.3 Å². The van der Waals surface area contributed by atoms with Crippen LogP contribution in [0, 0.1) is 13.8 Å². The first-order chi connectivity index (χ1) is 12.5. The van der Waals surface area contributed by atoms with E-state index in [4.69, 9.17) is 4.74 Å². The van der Waals surface area contributed by atoms with Crippen LogP contribution >= 0.6 is 22.7 Å². The summed E-state index contributed by atoms with van der Waals surface area (Å²) in [4.78, 5) is 29.9. The fraction of sp³-hybridized carbons (Fsp3) is 0.211. The van der Waals surface area contributed by atoms with Gasteiger partial charge in [-0.2, -0.15) is 0 Å². The van der Waals surface area contributed by atoms with Crippen LogP contribution in [0.5, 0.6) is 0 Å². The maximum Gasteiger partial charge on any atom is 0.358 e. The van der Waals surface area contributed by atoms with Crippen molar-refractivity contribution in [3.8, 4) is 9.88 Å². The first kappa shape index (κ1) is 18.3.